The molecule has 2 heterocycles. The van der Waals surface area contributed by atoms with E-state index >= 15 is 0 Å². The summed E-state index contributed by atoms with van der Waals surface area (Å²) in [5, 5.41) is 2.86. The first-order valence-corrected chi connectivity index (χ1v) is 11.6. The number of ether oxygens (including phenoxy) is 1. The molecule has 0 radical (unpaired) electrons. The molecule has 0 bridgehead atoms. The van der Waals surface area contributed by atoms with E-state index in [1.807, 2.05) is 19.9 Å². The SMILES string of the molecule is CC(C)C(=O)N1CCC2(CC1)OC[C@H](C(=O)NCc1ccc(F)cc1)N2C(=O)c1ccccc1. The fourth-order valence-electron chi connectivity index (χ4n) is 4.64. The van der Waals surface area contributed by atoms with Crippen molar-refractivity contribution in [3.63, 3.8) is 0 Å². The highest BCUT2D eigenvalue weighted by molar-refractivity contribution is 5.98. The van der Waals surface area contributed by atoms with Crippen LogP contribution in [0, 0.1) is 11.7 Å². The molecule has 0 unspecified atom stereocenters. The van der Waals surface area contributed by atoms with Crippen LogP contribution in [-0.4, -0.2) is 59.0 Å². The van der Waals surface area contributed by atoms with Crippen molar-refractivity contribution in [2.45, 2.75) is 45.0 Å². The van der Waals surface area contributed by atoms with Crippen LogP contribution >= 0.6 is 0 Å². The van der Waals surface area contributed by atoms with Gasteiger partial charge < -0.3 is 15.0 Å². The zero-order chi connectivity index (χ0) is 24.3. The van der Waals surface area contributed by atoms with Gasteiger partial charge in [-0.1, -0.05) is 44.2 Å². The van der Waals surface area contributed by atoms with Crippen LogP contribution in [0.15, 0.2) is 54.6 Å². The summed E-state index contributed by atoms with van der Waals surface area (Å²) in [4.78, 5) is 42.6. The Bertz CT molecular complexity index is 1030. The number of likely N-dealkylation sites (tertiary alicyclic amines) is 1. The second kappa shape index (κ2) is 9.93. The van der Waals surface area contributed by atoms with Gasteiger partial charge in [0, 0.05) is 44.0 Å². The highest BCUT2D eigenvalue weighted by atomic mass is 19.1. The number of carbonyl (C=O) groups is 3. The fraction of sp³-hybridized carbons (Fsp3) is 0.423. The van der Waals surface area contributed by atoms with Gasteiger partial charge >= 0.3 is 0 Å². The van der Waals surface area contributed by atoms with E-state index in [4.69, 9.17) is 4.74 Å². The quantitative estimate of drug-likeness (QED) is 0.734. The van der Waals surface area contributed by atoms with Gasteiger partial charge in [-0.2, -0.15) is 0 Å². The monoisotopic (exact) mass is 467 g/mol. The number of nitrogens with zero attached hydrogens (tertiary/aromatic N) is 2. The predicted octanol–water partition coefficient (Wildman–Crippen LogP) is 2.96. The standard InChI is InChI=1S/C26H30FN3O4/c1-18(2)24(32)29-14-12-26(13-15-29)30(25(33)20-6-4-3-5-7-20)22(17-34-26)23(31)28-16-19-8-10-21(27)11-9-19/h3-11,18,22H,12-17H2,1-2H3,(H,28,31)/t22-/m1/s1. The number of rotatable bonds is 5. The molecule has 0 saturated carbocycles. The van der Waals surface area contributed by atoms with Gasteiger partial charge in [0.2, 0.25) is 11.8 Å². The molecule has 1 N–H and O–H groups in total. The summed E-state index contributed by atoms with van der Waals surface area (Å²) in [6.45, 7) is 4.94. The summed E-state index contributed by atoms with van der Waals surface area (Å²) < 4.78 is 19.4. The molecular weight excluding hydrogens is 437 g/mol. The lowest BCUT2D eigenvalue weighted by Crippen LogP contribution is -2.60. The smallest absolute Gasteiger partial charge is 0.256 e. The van der Waals surface area contributed by atoms with E-state index in [1.165, 1.54) is 12.1 Å². The zero-order valence-electron chi connectivity index (χ0n) is 19.5. The van der Waals surface area contributed by atoms with E-state index in [0.717, 1.165) is 5.56 Å². The van der Waals surface area contributed by atoms with Gasteiger partial charge in [-0.3, -0.25) is 19.3 Å². The lowest BCUT2D eigenvalue weighted by Gasteiger charge is -2.44. The Morgan fingerprint density at radius 2 is 1.71 bits per heavy atom. The number of halogens is 1. The van der Waals surface area contributed by atoms with Crippen molar-refractivity contribution in [1.29, 1.82) is 0 Å². The minimum atomic E-state index is -0.946. The molecule has 3 amide bonds. The van der Waals surface area contributed by atoms with Gasteiger partial charge in [0.05, 0.1) is 6.61 Å². The van der Waals surface area contributed by atoms with E-state index in [2.05, 4.69) is 5.32 Å². The van der Waals surface area contributed by atoms with Crippen molar-refractivity contribution in [2.75, 3.05) is 19.7 Å². The molecule has 7 nitrogen and oxygen atoms in total. The molecule has 34 heavy (non-hydrogen) atoms. The Morgan fingerprint density at radius 1 is 1.06 bits per heavy atom. The third-order valence-electron chi connectivity index (χ3n) is 6.53. The third-order valence-corrected chi connectivity index (χ3v) is 6.53. The van der Waals surface area contributed by atoms with E-state index in [1.54, 1.807) is 46.2 Å². The van der Waals surface area contributed by atoms with E-state index in [-0.39, 0.29) is 42.6 Å². The van der Waals surface area contributed by atoms with Crippen LogP contribution in [0.2, 0.25) is 0 Å². The highest BCUT2D eigenvalue weighted by Crippen LogP contribution is 2.38. The summed E-state index contributed by atoms with van der Waals surface area (Å²) in [5.74, 6) is -0.981. The van der Waals surface area contributed by atoms with Crippen LogP contribution in [0.5, 0.6) is 0 Å². The second-order valence-corrected chi connectivity index (χ2v) is 9.14. The van der Waals surface area contributed by atoms with Gasteiger partial charge in [-0.25, -0.2) is 4.39 Å². The minimum Gasteiger partial charge on any atom is -0.353 e. The van der Waals surface area contributed by atoms with Gasteiger partial charge in [0.25, 0.3) is 5.91 Å². The molecule has 2 aliphatic heterocycles. The van der Waals surface area contributed by atoms with E-state index in [9.17, 15) is 18.8 Å². The fourth-order valence-corrected chi connectivity index (χ4v) is 4.64. The summed E-state index contributed by atoms with van der Waals surface area (Å²) in [5.41, 5.74) is 0.285. The van der Waals surface area contributed by atoms with Crippen molar-refractivity contribution in [3.8, 4) is 0 Å². The topological polar surface area (TPSA) is 79.0 Å². The van der Waals surface area contributed by atoms with Crippen LogP contribution in [-0.2, 0) is 20.9 Å². The summed E-state index contributed by atoms with van der Waals surface area (Å²) >= 11 is 0. The molecule has 2 aliphatic rings. The first-order valence-electron chi connectivity index (χ1n) is 11.6. The minimum absolute atomic E-state index is 0.0716. The molecule has 2 aromatic carbocycles. The molecule has 2 fully saturated rings. The number of carbonyl (C=O) groups excluding carboxylic acids is 3. The molecule has 1 atom stereocenters. The lowest BCUT2D eigenvalue weighted by atomic mass is 9.95. The Labute approximate surface area is 198 Å². The summed E-state index contributed by atoms with van der Waals surface area (Å²) in [6.07, 6.45) is 0.873. The molecule has 2 aromatic rings. The molecular formula is C26H30FN3O4. The van der Waals surface area contributed by atoms with Crippen LogP contribution in [0.4, 0.5) is 4.39 Å². The van der Waals surface area contributed by atoms with E-state index in [0.29, 0.717) is 31.5 Å². The Balaban J connectivity index is 1.54. The molecule has 0 aliphatic carbocycles. The Hall–Kier alpha value is -3.26. The molecule has 2 saturated heterocycles. The first kappa shape index (κ1) is 23.9. The number of piperidine rings is 1. The summed E-state index contributed by atoms with van der Waals surface area (Å²) in [7, 11) is 0. The number of amides is 3. The Morgan fingerprint density at radius 3 is 2.32 bits per heavy atom. The largest absolute Gasteiger partial charge is 0.353 e. The van der Waals surface area contributed by atoms with Crippen molar-refractivity contribution in [2.24, 2.45) is 5.92 Å². The van der Waals surface area contributed by atoms with Gasteiger partial charge in [0.15, 0.2) is 0 Å². The molecule has 1 spiro atoms. The molecule has 180 valence electrons. The number of nitrogens with one attached hydrogen (secondary N) is 1. The maximum Gasteiger partial charge on any atom is 0.256 e. The van der Waals surface area contributed by atoms with Crippen LogP contribution in [0.3, 0.4) is 0 Å². The summed E-state index contributed by atoms with van der Waals surface area (Å²) in [6, 6.07) is 13.9. The normalized spacial score (nSPS) is 19.5. The van der Waals surface area contributed by atoms with Crippen molar-refractivity contribution in [3.05, 3.63) is 71.5 Å². The first-order chi connectivity index (χ1) is 16.3. The van der Waals surface area contributed by atoms with Crippen molar-refractivity contribution < 1.29 is 23.5 Å². The molecule has 4 rings (SSSR count). The van der Waals surface area contributed by atoms with Crippen molar-refractivity contribution in [1.82, 2.24) is 15.1 Å². The van der Waals surface area contributed by atoms with Crippen molar-refractivity contribution >= 4 is 17.7 Å². The molecule has 8 heteroatoms. The van der Waals surface area contributed by atoms with Gasteiger partial charge in [-0.15, -0.1) is 0 Å². The number of hydrogen-bond donors (Lipinski definition) is 1. The number of hydrogen-bond acceptors (Lipinski definition) is 4. The molecule has 0 aromatic heterocycles. The Kier molecular flexibility index (Phi) is 6.97. The predicted molar refractivity (Wildman–Crippen MR) is 124 cm³/mol. The average molecular weight is 468 g/mol. The van der Waals surface area contributed by atoms with Gasteiger partial charge in [0.1, 0.15) is 17.6 Å². The maximum atomic E-state index is 13.6. The zero-order valence-corrected chi connectivity index (χ0v) is 19.5. The highest BCUT2D eigenvalue weighted by Gasteiger charge is 2.54. The van der Waals surface area contributed by atoms with Crippen LogP contribution in [0.1, 0.15) is 42.6 Å². The maximum absolute atomic E-state index is 13.6. The van der Waals surface area contributed by atoms with Crippen LogP contribution in [0.25, 0.3) is 0 Å². The van der Waals surface area contributed by atoms with E-state index < -0.39 is 11.8 Å². The average Bonchev–Trinajstić information content (AvgIpc) is 3.22. The third kappa shape index (κ3) is 4.82. The lowest BCUT2D eigenvalue weighted by molar-refractivity contribution is -0.146. The van der Waals surface area contributed by atoms with Gasteiger partial charge in [-0.05, 0) is 29.8 Å². The second-order valence-electron chi connectivity index (χ2n) is 9.14. The van der Waals surface area contributed by atoms with Crippen LogP contribution < -0.4 is 5.32 Å². The number of benzene rings is 2.